The molecule has 1 heterocycles. The van der Waals surface area contributed by atoms with Crippen LogP contribution in [0, 0.1) is 5.92 Å². The van der Waals surface area contributed by atoms with Crippen molar-refractivity contribution in [1.29, 1.82) is 0 Å². The molecule has 0 unspecified atom stereocenters. The molecule has 2 amide bonds. The number of para-hydroxylation sites is 2. The summed E-state index contributed by atoms with van der Waals surface area (Å²) >= 11 is 0. The van der Waals surface area contributed by atoms with E-state index in [-0.39, 0.29) is 17.7 Å². The zero-order valence-corrected chi connectivity index (χ0v) is 20.6. The number of benzene rings is 2. The molecule has 0 saturated carbocycles. The summed E-state index contributed by atoms with van der Waals surface area (Å²) in [6.07, 6.45) is 0.735. The number of carbonyl (C=O) groups excluding carboxylic acids is 2. The second-order valence-electron chi connectivity index (χ2n) is 8.62. The van der Waals surface area contributed by atoms with Crippen LogP contribution in [0.4, 0.5) is 17.1 Å². The zero-order chi connectivity index (χ0) is 24.5. The van der Waals surface area contributed by atoms with Crippen LogP contribution in [0.2, 0.25) is 0 Å². The van der Waals surface area contributed by atoms with Crippen molar-refractivity contribution in [3.8, 4) is 5.75 Å². The molecule has 2 aromatic rings. The SMILES string of the molecule is COCCCNC(=O)c1cc(NC(=O)C(C)C)ccc1N1CCN(c2ccccc2OC)CC1. The number of amides is 2. The molecule has 0 radical (unpaired) electrons. The summed E-state index contributed by atoms with van der Waals surface area (Å²) in [6.45, 7) is 7.93. The van der Waals surface area contributed by atoms with Gasteiger partial charge in [-0.05, 0) is 36.8 Å². The number of ether oxygens (including phenoxy) is 2. The van der Waals surface area contributed by atoms with E-state index in [1.54, 1.807) is 20.3 Å². The Labute approximate surface area is 202 Å². The molecule has 34 heavy (non-hydrogen) atoms. The summed E-state index contributed by atoms with van der Waals surface area (Å²) in [6, 6.07) is 13.6. The van der Waals surface area contributed by atoms with E-state index in [1.165, 1.54) is 0 Å². The summed E-state index contributed by atoms with van der Waals surface area (Å²) in [5.41, 5.74) is 3.13. The molecular formula is C26H36N4O4. The molecule has 1 aliphatic heterocycles. The highest BCUT2D eigenvalue weighted by Gasteiger charge is 2.24. The lowest BCUT2D eigenvalue weighted by Gasteiger charge is -2.38. The number of rotatable bonds is 10. The molecule has 0 spiro atoms. The van der Waals surface area contributed by atoms with Gasteiger partial charge in [-0.2, -0.15) is 0 Å². The van der Waals surface area contributed by atoms with E-state index >= 15 is 0 Å². The first-order chi connectivity index (χ1) is 16.4. The van der Waals surface area contributed by atoms with E-state index in [1.807, 2.05) is 44.2 Å². The third-order valence-corrected chi connectivity index (χ3v) is 5.89. The van der Waals surface area contributed by atoms with Gasteiger partial charge in [-0.25, -0.2) is 0 Å². The van der Waals surface area contributed by atoms with E-state index in [0.717, 1.165) is 49.7 Å². The summed E-state index contributed by atoms with van der Waals surface area (Å²) < 4.78 is 10.6. The Morgan fingerprint density at radius 1 is 0.971 bits per heavy atom. The van der Waals surface area contributed by atoms with Crippen LogP contribution in [-0.2, 0) is 9.53 Å². The van der Waals surface area contributed by atoms with Gasteiger partial charge in [0.2, 0.25) is 5.91 Å². The summed E-state index contributed by atoms with van der Waals surface area (Å²) in [5, 5.41) is 5.89. The van der Waals surface area contributed by atoms with Crippen molar-refractivity contribution < 1.29 is 19.1 Å². The minimum absolute atomic E-state index is 0.0791. The number of hydrogen-bond acceptors (Lipinski definition) is 6. The number of nitrogens with one attached hydrogen (secondary N) is 2. The van der Waals surface area contributed by atoms with E-state index in [9.17, 15) is 9.59 Å². The van der Waals surface area contributed by atoms with Crippen molar-refractivity contribution in [2.75, 3.05) is 68.7 Å². The predicted molar refractivity (Wildman–Crippen MR) is 136 cm³/mol. The first-order valence-electron chi connectivity index (χ1n) is 11.8. The maximum absolute atomic E-state index is 13.1. The Morgan fingerprint density at radius 3 is 2.29 bits per heavy atom. The molecule has 2 aromatic carbocycles. The Kier molecular flexibility index (Phi) is 9.16. The number of nitrogens with zero attached hydrogens (tertiary/aromatic N) is 2. The van der Waals surface area contributed by atoms with Crippen LogP contribution >= 0.6 is 0 Å². The van der Waals surface area contributed by atoms with Crippen LogP contribution in [0.15, 0.2) is 42.5 Å². The van der Waals surface area contributed by atoms with Gasteiger partial charge < -0.3 is 29.9 Å². The molecule has 1 fully saturated rings. The molecule has 8 nitrogen and oxygen atoms in total. The maximum atomic E-state index is 13.1. The minimum Gasteiger partial charge on any atom is -0.495 e. The maximum Gasteiger partial charge on any atom is 0.253 e. The fourth-order valence-electron chi connectivity index (χ4n) is 3.95. The van der Waals surface area contributed by atoms with Crippen molar-refractivity contribution in [1.82, 2.24) is 5.32 Å². The Morgan fingerprint density at radius 2 is 1.65 bits per heavy atom. The summed E-state index contributed by atoms with van der Waals surface area (Å²) in [5.74, 6) is 0.481. The van der Waals surface area contributed by atoms with Gasteiger partial charge in [0.15, 0.2) is 0 Å². The van der Waals surface area contributed by atoms with Gasteiger partial charge >= 0.3 is 0 Å². The van der Waals surface area contributed by atoms with Crippen LogP contribution in [0.1, 0.15) is 30.6 Å². The number of carbonyl (C=O) groups is 2. The fourth-order valence-corrected chi connectivity index (χ4v) is 3.95. The lowest BCUT2D eigenvalue weighted by atomic mass is 10.1. The van der Waals surface area contributed by atoms with Gasteiger partial charge in [0.25, 0.3) is 5.91 Å². The van der Waals surface area contributed by atoms with E-state index in [4.69, 9.17) is 9.47 Å². The second kappa shape index (κ2) is 12.3. The third-order valence-electron chi connectivity index (χ3n) is 5.89. The highest BCUT2D eigenvalue weighted by molar-refractivity contribution is 6.02. The number of hydrogen-bond donors (Lipinski definition) is 2. The Balaban J connectivity index is 1.77. The lowest BCUT2D eigenvalue weighted by molar-refractivity contribution is -0.118. The van der Waals surface area contributed by atoms with Crippen molar-refractivity contribution in [3.05, 3.63) is 48.0 Å². The fraction of sp³-hybridized carbons (Fsp3) is 0.462. The standard InChI is InChI=1S/C26H36N4O4/c1-19(2)25(31)28-20-10-11-22(21(18-20)26(32)27-12-7-17-33-3)29-13-15-30(16-14-29)23-8-5-6-9-24(23)34-4/h5-6,8-11,18-19H,7,12-17H2,1-4H3,(H,27,32)(H,28,31). The molecule has 0 aromatic heterocycles. The third kappa shape index (κ3) is 6.41. The van der Waals surface area contributed by atoms with Gasteiger partial charge in [-0.3, -0.25) is 9.59 Å². The summed E-state index contributed by atoms with van der Waals surface area (Å²) in [4.78, 5) is 29.8. The molecule has 0 aliphatic carbocycles. The number of methoxy groups -OCH3 is 2. The van der Waals surface area contributed by atoms with Crippen molar-refractivity contribution in [3.63, 3.8) is 0 Å². The van der Waals surface area contributed by atoms with Crippen LogP contribution in [0.25, 0.3) is 0 Å². The second-order valence-corrected chi connectivity index (χ2v) is 8.62. The van der Waals surface area contributed by atoms with Gasteiger partial charge in [-0.1, -0.05) is 26.0 Å². The van der Waals surface area contributed by atoms with Crippen molar-refractivity contribution in [2.24, 2.45) is 5.92 Å². The first kappa shape index (κ1) is 25.4. The van der Waals surface area contributed by atoms with Crippen LogP contribution in [0.5, 0.6) is 5.75 Å². The van der Waals surface area contributed by atoms with E-state index < -0.39 is 0 Å². The quantitative estimate of drug-likeness (QED) is 0.520. The normalized spacial score (nSPS) is 13.7. The topological polar surface area (TPSA) is 83.1 Å². The van der Waals surface area contributed by atoms with Crippen molar-refractivity contribution >= 4 is 28.9 Å². The van der Waals surface area contributed by atoms with Gasteiger partial charge in [0, 0.05) is 63.7 Å². The van der Waals surface area contributed by atoms with E-state index in [0.29, 0.717) is 24.4 Å². The molecule has 1 aliphatic rings. The first-order valence-corrected chi connectivity index (χ1v) is 11.8. The van der Waals surface area contributed by atoms with Crippen LogP contribution in [-0.4, -0.2) is 65.4 Å². The van der Waals surface area contributed by atoms with Gasteiger partial charge in [0.05, 0.1) is 18.4 Å². The molecular weight excluding hydrogens is 432 g/mol. The number of anilines is 3. The molecule has 1 saturated heterocycles. The predicted octanol–water partition coefficient (Wildman–Crippen LogP) is 3.38. The molecule has 8 heteroatoms. The highest BCUT2D eigenvalue weighted by Crippen LogP contribution is 2.31. The van der Waals surface area contributed by atoms with Crippen molar-refractivity contribution in [2.45, 2.75) is 20.3 Å². The Hall–Kier alpha value is -3.26. The summed E-state index contributed by atoms with van der Waals surface area (Å²) in [7, 11) is 3.33. The van der Waals surface area contributed by atoms with E-state index in [2.05, 4.69) is 26.5 Å². The molecule has 2 N–H and O–H groups in total. The molecule has 184 valence electrons. The van der Waals surface area contributed by atoms with Gasteiger partial charge in [-0.15, -0.1) is 0 Å². The average molecular weight is 469 g/mol. The highest BCUT2D eigenvalue weighted by atomic mass is 16.5. The lowest BCUT2D eigenvalue weighted by Crippen LogP contribution is -2.47. The minimum atomic E-state index is -0.154. The smallest absolute Gasteiger partial charge is 0.253 e. The van der Waals surface area contributed by atoms with Crippen LogP contribution < -0.4 is 25.2 Å². The zero-order valence-electron chi connectivity index (χ0n) is 20.6. The number of piperazine rings is 1. The van der Waals surface area contributed by atoms with Gasteiger partial charge in [0.1, 0.15) is 5.75 Å². The largest absolute Gasteiger partial charge is 0.495 e. The monoisotopic (exact) mass is 468 g/mol. The molecule has 0 atom stereocenters. The molecule has 3 rings (SSSR count). The average Bonchev–Trinajstić information content (AvgIpc) is 2.86. The Bertz CT molecular complexity index is 971. The van der Waals surface area contributed by atoms with Crippen LogP contribution in [0.3, 0.4) is 0 Å². The molecule has 0 bridgehead atoms.